The van der Waals surface area contributed by atoms with Crippen LogP contribution in [0.25, 0.3) is 0 Å². The zero-order valence-electron chi connectivity index (χ0n) is 11.3. The van der Waals surface area contributed by atoms with E-state index >= 15 is 0 Å². The molecule has 3 amide bonds. The van der Waals surface area contributed by atoms with E-state index in [1.807, 2.05) is 48.5 Å². The third-order valence-corrected chi connectivity index (χ3v) is 4.38. The van der Waals surface area contributed by atoms with Gasteiger partial charge >= 0.3 is 6.03 Å². The molecule has 0 saturated carbocycles. The van der Waals surface area contributed by atoms with Crippen molar-refractivity contribution in [3.05, 3.63) is 70.8 Å². The van der Waals surface area contributed by atoms with Crippen LogP contribution in [0.5, 0.6) is 0 Å². The molecule has 0 atom stereocenters. The highest BCUT2D eigenvalue weighted by Crippen LogP contribution is 2.39. The van der Waals surface area contributed by atoms with Gasteiger partial charge in [-0.1, -0.05) is 48.5 Å². The highest BCUT2D eigenvalue weighted by molar-refractivity contribution is 6.10. The quantitative estimate of drug-likeness (QED) is 0.723. The Morgan fingerprint density at radius 1 is 0.810 bits per heavy atom. The van der Waals surface area contributed by atoms with E-state index < -0.39 is 11.6 Å². The first-order chi connectivity index (χ1) is 10.2. The molecule has 1 fully saturated rings. The van der Waals surface area contributed by atoms with E-state index in [-0.39, 0.29) is 5.91 Å². The number of carbonyl (C=O) groups is 2. The van der Waals surface area contributed by atoms with Crippen LogP contribution in [0.15, 0.2) is 48.5 Å². The topological polar surface area (TPSA) is 58.2 Å². The second kappa shape index (κ2) is 4.19. The minimum Gasteiger partial charge on any atom is -0.316 e. The SMILES string of the molecule is O=C1NC(=O)C2(N1)c1ccccc1CCc1ccccc12. The Bertz CT molecular complexity index is 719. The number of nitrogens with one attached hydrogen (secondary N) is 2. The molecule has 1 aliphatic heterocycles. The molecular formula is C17H14N2O2. The van der Waals surface area contributed by atoms with Gasteiger partial charge < -0.3 is 5.32 Å². The molecule has 104 valence electrons. The van der Waals surface area contributed by atoms with Crippen LogP contribution < -0.4 is 10.6 Å². The van der Waals surface area contributed by atoms with Gasteiger partial charge in [0.1, 0.15) is 0 Å². The number of benzene rings is 2. The van der Waals surface area contributed by atoms with Gasteiger partial charge in [-0.3, -0.25) is 10.1 Å². The molecule has 4 nitrogen and oxygen atoms in total. The summed E-state index contributed by atoms with van der Waals surface area (Å²) in [6, 6.07) is 15.2. The predicted molar refractivity (Wildman–Crippen MR) is 77.7 cm³/mol. The van der Waals surface area contributed by atoms with E-state index in [0.717, 1.165) is 35.1 Å². The number of aryl methyl sites for hydroxylation is 2. The van der Waals surface area contributed by atoms with Gasteiger partial charge in [-0.25, -0.2) is 4.79 Å². The van der Waals surface area contributed by atoms with Crippen LogP contribution in [0.3, 0.4) is 0 Å². The third kappa shape index (κ3) is 1.56. The monoisotopic (exact) mass is 278 g/mol. The van der Waals surface area contributed by atoms with Crippen molar-refractivity contribution >= 4 is 11.9 Å². The van der Waals surface area contributed by atoms with Crippen molar-refractivity contribution in [1.82, 2.24) is 10.6 Å². The molecule has 0 unspecified atom stereocenters. The Kier molecular flexibility index (Phi) is 2.42. The highest BCUT2D eigenvalue weighted by Gasteiger charge is 2.51. The van der Waals surface area contributed by atoms with Gasteiger partial charge in [0.15, 0.2) is 5.54 Å². The molecule has 21 heavy (non-hydrogen) atoms. The van der Waals surface area contributed by atoms with Crippen molar-refractivity contribution in [2.75, 3.05) is 0 Å². The largest absolute Gasteiger partial charge is 0.322 e. The number of rotatable bonds is 0. The summed E-state index contributed by atoms with van der Waals surface area (Å²) in [5.74, 6) is -0.297. The summed E-state index contributed by atoms with van der Waals surface area (Å²) in [5.41, 5.74) is 2.86. The van der Waals surface area contributed by atoms with Crippen LogP contribution >= 0.6 is 0 Å². The number of amides is 3. The minimum absolute atomic E-state index is 0.297. The molecule has 4 rings (SSSR count). The molecular weight excluding hydrogens is 264 g/mol. The first-order valence-electron chi connectivity index (χ1n) is 7.02. The summed E-state index contributed by atoms with van der Waals surface area (Å²) < 4.78 is 0. The van der Waals surface area contributed by atoms with Gasteiger partial charge in [0, 0.05) is 0 Å². The number of fused-ring (bicyclic) bond motifs is 4. The minimum atomic E-state index is -1.10. The summed E-state index contributed by atoms with van der Waals surface area (Å²) in [7, 11) is 0. The van der Waals surface area contributed by atoms with E-state index in [9.17, 15) is 9.59 Å². The smallest absolute Gasteiger partial charge is 0.316 e. The van der Waals surface area contributed by atoms with Crippen LogP contribution in [0.4, 0.5) is 4.79 Å². The molecule has 2 N–H and O–H groups in total. The lowest BCUT2D eigenvalue weighted by molar-refractivity contribution is -0.122. The van der Waals surface area contributed by atoms with Crippen LogP contribution in [0.1, 0.15) is 22.3 Å². The summed E-state index contributed by atoms with van der Waals surface area (Å²) in [6.45, 7) is 0. The molecule has 0 bridgehead atoms. The third-order valence-electron chi connectivity index (χ3n) is 4.38. The van der Waals surface area contributed by atoms with Crippen LogP contribution in [0, 0.1) is 0 Å². The fourth-order valence-electron chi connectivity index (χ4n) is 3.46. The van der Waals surface area contributed by atoms with E-state index in [0.29, 0.717) is 0 Å². The van der Waals surface area contributed by atoms with Crippen molar-refractivity contribution in [3.63, 3.8) is 0 Å². The van der Waals surface area contributed by atoms with Gasteiger partial charge in [0.25, 0.3) is 5.91 Å². The second-order valence-electron chi connectivity index (χ2n) is 5.47. The lowest BCUT2D eigenvalue weighted by Crippen LogP contribution is -2.45. The van der Waals surface area contributed by atoms with Gasteiger partial charge in [0.2, 0.25) is 0 Å². The molecule has 1 saturated heterocycles. The number of hydrogen-bond donors (Lipinski definition) is 2. The summed E-state index contributed by atoms with van der Waals surface area (Å²) >= 11 is 0. The van der Waals surface area contributed by atoms with E-state index in [4.69, 9.17) is 0 Å². The average Bonchev–Trinajstić information content (AvgIpc) is 2.72. The average molecular weight is 278 g/mol. The Morgan fingerprint density at radius 2 is 1.33 bits per heavy atom. The zero-order valence-corrected chi connectivity index (χ0v) is 11.3. The van der Waals surface area contributed by atoms with E-state index in [2.05, 4.69) is 10.6 Å². The highest BCUT2D eigenvalue weighted by atomic mass is 16.2. The molecule has 2 aromatic rings. The predicted octanol–water partition coefficient (Wildman–Crippen LogP) is 1.87. The zero-order chi connectivity index (χ0) is 14.4. The Labute approximate surface area is 122 Å². The van der Waals surface area contributed by atoms with Crippen LogP contribution in [-0.2, 0) is 23.2 Å². The lowest BCUT2D eigenvalue weighted by atomic mass is 9.80. The van der Waals surface area contributed by atoms with Crippen molar-refractivity contribution < 1.29 is 9.59 Å². The van der Waals surface area contributed by atoms with E-state index in [1.54, 1.807) is 0 Å². The van der Waals surface area contributed by atoms with Crippen molar-refractivity contribution in [2.45, 2.75) is 18.4 Å². The second-order valence-corrected chi connectivity index (χ2v) is 5.47. The van der Waals surface area contributed by atoms with Crippen molar-refractivity contribution in [1.29, 1.82) is 0 Å². The number of hydrogen-bond acceptors (Lipinski definition) is 2. The van der Waals surface area contributed by atoms with Gasteiger partial charge in [-0.15, -0.1) is 0 Å². The van der Waals surface area contributed by atoms with Crippen LogP contribution in [-0.4, -0.2) is 11.9 Å². The lowest BCUT2D eigenvalue weighted by Gasteiger charge is -2.28. The summed E-state index contributed by atoms with van der Waals surface area (Å²) in [6.07, 6.45) is 1.72. The molecule has 1 aliphatic carbocycles. The fraction of sp³-hybridized carbons (Fsp3) is 0.176. The van der Waals surface area contributed by atoms with Gasteiger partial charge in [-0.05, 0) is 35.1 Å². The van der Waals surface area contributed by atoms with Crippen molar-refractivity contribution in [3.8, 4) is 0 Å². The number of urea groups is 1. The molecule has 1 spiro atoms. The maximum Gasteiger partial charge on any atom is 0.322 e. The summed E-state index contributed by atoms with van der Waals surface area (Å²) in [4.78, 5) is 24.5. The fourth-order valence-corrected chi connectivity index (χ4v) is 3.46. The first kappa shape index (κ1) is 12.1. The van der Waals surface area contributed by atoms with Gasteiger partial charge in [-0.2, -0.15) is 0 Å². The Morgan fingerprint density at radius 3 is 1.81 bits per heavy atom. The Balaban J connectivity index is 2.08. The molecule has 0 aromatic heterocycles. The molecule has 2 aromatic carbocycles. The van der Waals surface area contributed by atoms with Crippen LogP contribution in [0.2, 0.25) is 0 Å². The molecule has 0 radical (unpaired) electrons. The number of carbonyl (C=O) groups excluding carboxylic acids is 2. The standard InChI is InChI=1S/C17H14N2O2/c20-15-17(19-16(21)18-15)13-7-3-1-5-11(13)9-10-12-6-2-4-8-14(12)17/h1-8H,9-10H2,(H2,18,19,20,21). The molecule has 4 heteroatoms. The van der Waals surface area contributed by atoms with Crippen molar-refractivity contribution in [2.24, 2.45) is 0 Å². The maximum atomic E-state index is 12.6. The molecule has 1 heterocycles. The Hall–Kier alpha value is -2.62. The summed E-state index contributed by atoms with van der Waals surface area (Å²) in [5, 5.41) is 5.27. The van der Waals surface area contributed by atoms with E-state index in [1.165, 1.54) is 0 Å². The molecule has 2 aliphatic rings. The van der Waals surface area contributed by atoms with Gasteiger partial charge in [0.05, 0.1) is 0 Å². The first-order valence-corrected chi connectivity index (χ1v) is 7.02. The number of imide groups is 1. The maximum absolute atomic E-state index is 12.6. The normalized spacial score (nSPS) is 18.5.